The highest BCUT2D eigenvalue weighted by Gasteiger charge is 2.16. The maximum atomic E-state index is 11.6. The molecule has 1 unspecified atom stereocenters. The van der Waals surface area contributed by atoms with Gasteiger partial charge < -0.3 is 9.47 Å². The van der Waals surface area contributed by atoms with Crippen molar-refractivity contribution in [1.29, 1.82) is 0 Å². The Morgan fingerprint density at radius 1 is 0.955 bits per heavy atom. The van der Waals surface area contributed by atoms with E-state index in [2.05, 4.69) is 27.7 Å². The molecule has 0 aromatic rings. The summed E-state index contributed by atoms with van der Waals surface area (Å²) < 4.78 is 10.3. The van der Waals surface area contributed by atoms with Gasteiger partial charge in [-0.25, -0.2) is 0 Å². The van der Waals surface area contributed by atoms with E-state index in [4.69, 9.17) is 9.47 Å². The van der Waals surface area contributed by atoms with Crippen molar-refractivity contribution in [2.45, 2.75) is 79.6 Å². The molecule has 0 aliphatic rings. The Morgan fingerprint density at radius 3 is 2.00 bits per heavy atom. The summed E-state index contributed by atoms with van der Waals surface area (Å²) in [6, 6.07) is 0. The molecule has 0 aliphatic heterocycles. The molecule has 0 spiro atoms. The van der Waals surface area contributed by atoms with E-state index in [9.17, 15) is 9.59 Å². The van der Waals surface area contributed by atoms with Crippen molar-refractivity contribution in [3.8, 4) is 0 Å². The smallest absolute Gasteiger partial charge is 0.305 e. The van der Waals surface area contributed by atoms with Crippen molar-refractivity contribution in [3.63, 3.8) is 0 Å². The van der Waals surface area contributed by atoms with Gasteiger partial charge in [-0.2, -0.15) is 0 Å². The van der Waals surface area contributed by atoms with Crippen LogP contribution in [0.2, 0.25) is 0 Å². The normalized spacial score (nSPS) is 12.8. The van der Waals surface area contributed by atoms with Crippen LogP contribution in [0.25, 0.3) is 0 Å². The van der Waals surface area contributed by atoms with Crippen LogP contribution in [0.15, 0.2) is 0 Å². The molecule has 0 aromatic heterocycles. The Morgan fingerprint density at radius 2 is 1.50 bits per heavy atom. The zero-order valence-electron chi connectivity index (χ0n) is 15.1. The minimum absolute atomic E-state index is 0.130. The third-order valence-electron chi connectivity index (χ3n) is 3.22. The molecular weight excluding hydrogens is 280 g/mol. The minimum Gasteiger partial charge on any atom is -0.466 e. The Balaban J connectivity index is 3.56. The molecule has 22 heavy (non-hydrogen) atoms. The highest BCUT2D eigenvalue weighted by molar-refractivity contribution is 5.69. The predicted octanol–water partition coefficient (Wildman–Crippen LogP) is 4.51. The van der Waals surface area contributed by atoms with Gasteiger partial charge in [-0.15, -0.1) is 0 Å². The predicted molar refractivity (Wildman–Crippen MR) is 88.5 cm³/mol. The lowest BCUT2D eigenvalue weighted by Gasteiger charge is -2.22. The van der Waals surface area contributed by atoms with Crippen molar-refractivity contribution in [1.82, 2.24) is 0 Å². The van der Waals surface area contributed by atoms with Crippen molar-refractivity contribution < 1.29 is 19.1 Å². The lowest BCUT2D eigenvalue weighted by molar-refractivity contribution is -0.145. The Labute approximate surface area is 135 Å². The Kier molecular flexibility index (Phi) is 10.9. The maximum absolute atomic E-state index is 11.6. The number of ether oxygens (including phenoxy) is 2. The highest BCUT2D eigenvalue weighted by Crippen LogP contribution is 2.24. The summed E-state index contributed by atoms with van der Waals surface area (Å²) >= 11 is 0. The monoisotopic (exact) mass is 314 g/mol. The maximum Gasteiger partial charge on any atom is 0.305 e. The van der Waals surface area contributed by atoms with E-state index >= 15 is 0 Å². The van der Waals surface area contributed by atoms with E-state index in [0.717, 1.165) is 32.1 Å². The van der Waals surface area contributed by atoms with Gasteiger partial charge in [-0.1, -0.05) is 41.0 Å². The van der Waals surface area contributed by atoms with Crippen LogP contribution in [0.5, 0.6) is 0 Å². The molecular formula is C18H34O4. The fraction of sp³-hybridized carbons (Fsp3) is 0.889. The van der Waals surface area contributed by atoms with E-state index in [1.54, 1.807) is 0 Å². The number of esters is 2. The van der Waals surface area contributed by atoms with Gasteiger partial charge in [0.2, 0.25) is 0 Å². The molecule has 0 N–H and O–H groups in total. The molecule has 0 rings (SSSR count). The second kappa shape index (κ2) is 11.5. The first-order valence-electron chi connectivity index (χ1n) is 8.56. The zero-order valence-corrected chi connectivity index (χ0v) is 15.1. The molecule has 0 saturated heterocycles. The number of hydrogen-bond donors (Lipinski definition) is 0. The summed E-state index contributed by atoms with van der Waals surface area (Å²) in [4.78, 5) is 22.9. The van der Waals surface area contributed by atoms with E-state index in [1.165, 1.54) is 0 Å². The van der Waals surface area contributed by atoms with Gasteiger partial charge >= 0.3 is 11.9 Å². The Hall–Kier alpha value is -1.06. The number of carbonyl (C=O) groups excluding carboxylic acids is 2. The highest BCUT2D eigenvalue weighted by atomic mass is 16.5. The zero-order chi connectivity index (χ0) is 17.0. The molecule has 130 valence electrons. The van der Waals surface area contributed by atoms with Gasteiger partial charge in [0.05, 0.1) is 13.2 Å². The lowest BCUT2D eigenvalue weighted by atomic mass is 9.86. The van der Waals surface area contributed by atoms with Gasteiger partial charge in [0.15, 0.2) is 0 Å². The summed E-state index contributed by atoms with van der Waals surface area (Å²) in [6.45, 7) is 11.7. The van der Waals surface area contributed by atoms with Gasteiger partial charge in [-0.3, -0.25) is 9.59 Å². The second-order valence-electron chi connectivity index (χ2n) is 7.33. The van der Waals surface area contributed by atoms with Crippen molar-refractivity contribution >= 4 is 11.9 Å². The van der Waals surface area contributed by atoms with Crippen LogP contribution in [0.1, 0.15) is 79.6 Å². The minimum atomic E-state index is -0.138. The quantitative estimate of drug-likeness (QED) is 0.416. The van der Waals surface area contributed by atoms with Crippen molar-refractivity contribution in [2.24, 2.45) is 11.3 Å². The van der Waals surface area contributed by atoms with Crippen LogP contribution in [-0.2, 0) is 19.1 Å². The van der Waals surface area contributed by atoms with Gasteiger partial charge in [0.1, 0.15) is 0 Å². The first kappa shape index (κ1) is 20.9. The van der Waals surface area contributed by atoms with E-state index in [1.807, 2.05) is 6.92 Å². The molecule has 0 fully saturated rings. The number of hydrogen-bond acceptors (Lipinski definition) is 4. The average molecular weight is 314 g/mol. The van der Waals surface area contributed by atoms with Gasteiger partial charge in [-0.05, 0) is 37.0 Å². The van der Waals surface area contributed by atoms with Gasteiger partial charge in [0, 0.05) is 12.8 Å². The molecule has 0 aromatic carbocycles. The summed E-state index contributed by atoms with van der Waals surface area (Å²) in [5.74, 6) is 0.118. The first-order valence-corrected chi connectivity index (χ1v) is 8.56. The molecule has 0 saturated carbocycles. The van der Waals surface area contributed by atoms with Crippen LogP contribution in [0.3, 0.4) is 0 Å². The number of unbranched alkanes of at least 4 members (excludes halogenated alkanes) is 2. The topological polar surface area (TPSA) is 52.6 Å². The Bertz CT molecular complexity index is 318. The third-order valence-corrected chi connectivity index (χ3v) is 3.22. The molecule has 0 radical (unpaired) electrons. The molecule has 0 bridgehead atoms. The molecule has 0 heterocycles. The van der Waals surface area contributed by atoms with Crippen molar-refractivity contribution in [3.05, 3.63) is 0 Å². The summed E-state index contributed by atoms with van der Waals surface area (Å²) in [7, 11) is 0. The number of rotatable bonds is 11. The fourth-order valence-corrected chi connectivity index (χ4v) is 2.42. The molecule has 4 heteroatoms. The SMILES string of the molecule is CCCOC(=O)CCCCCC(=O)OCC(C)CC(C)(C)C. The summed E-state index contributed by atoms with van der Waals surface area (Å²) in [6.07, 6.45) is 5.17. The third kappa shape index (κ3) is 13.9. The lowest BCUT2D eigenvalue weighted by Crippen LogP contribution is -2.17. The number of carbonyl (C=O) groups is 2. The van der Waals surface area contributed by atoms with E-state index in [-0.39, 0.29) is 17.4 Å². The molecule has 0 amide bonds. The van der Waals surface area contributed by atoms with Crippen molar-refractivity contribution in [2.75, 3.05) is 13.2 Å². The fourth-order valence-electron chi connectivity index (χ4n) is 2.42. The molecule has 4 nitrogen and oxygen atoms in total. The second-order valence-corrected chi connectivity index (χ2v) is 7.33. The van der Waals surface area contributed by atoms with Crippen LogP contribution in [0, 0.1) is 11.3 Å². The summed E-state index contributed by atoms with van der Waals surface area (Å²) in [5, 5.41) is 0. The first-order chi connectivity index (χ1) is 10.2. The van der Waals surface area contributed by atoms with Crippen LogP contribution >= 0.6 is 0 Å². The molecule has 1 atom stereocenters. The van der Waals surface area contributed by atoms with E-state index in [0.29, 0.717) is 32.0 Å². The summed E-state index contributed by atoms with van der Waals surface area (Å²) in [5.41, 5.74) is 0.262. The molecule has 0 aliphatic carbocycles. The van der Waals surface area contributed by atoms with Crippen LogP contribution < -0.4 is 0 Å². The van der Waals surface area contributed by atoms with Crippen LogP contribution in [-0.4, -0.2) is 25.2 Å². The standard InChI is InChI=1S/C18H34O4/c1-6-12-21-16(19)10-8-7-9-11-17(20)22-14-15(2)13-18(3,4)5/h15H,6-14H2,1-5H3. The largest absolute Gasteiger partial charge is 0.466 e. The van der Waals surface area contributed by atoms with Gasteiger partial charge in [0.25, 0.3) is 0 Å². The van der Waals surface area contributed by atoms with E-state index < -0.39 is 0 Å². The van der Waals surface area contributed by atoms with Crippen LogP contribution in [0.4, 0.5) is 0 Å². The average Bonchev–Trinajstić information content (AvgIpc) is 2.40.